The summed E-state index contributed by atoms with van der Waals surface area (Å²) in [6.07, 6.45) is 6.53. The number of aromatic hydroxyl groups is 1. The molecule has 0 spiro atoms. The molecule has 4 nitrogen and oxygen atoms in total. The lowest BCUT2D eigenvalue weighted by atomic mass is 9.85. The van der Waals surface area contributed by atoms with Gasteiger partial charge >= 0.3 is 0 Å². The van der Waals surface area contributed by atoms with Crippen molar-refractivity contribution in [3.63, 3.8) is 0 Å². The third kappa shape index (κ3) is 4.04. The average Bonchev–Trinajstić information content (AvgIpc) is 2.98. The number of hydrogen-bond acceptors (Lipinski definition) is 4. The van der Waals surface area contributed by atoms with Crippen LogP contribution in [0.5, 0.6) is 5.75 Å². The van der Waals surface area contributed by atoms with Crippen LogP contribution in [0.25, 0.3) is 6.08 Å². The molecule has 28 heavy (non-hydrogen) atoms. The second kappa shape index (κ2) is 8.31. The van der Waals surface area contributed by atoms with Crippen LogP contribution in [0.1, 0.15) is 38.2 Å². The second-order valence-electron chi connectivity index (χ2n) is 7.63. The fourth-order valence-electron chi connectivity index (χ4n) is 4.13. The van der Waals surface area contributed by atoms with Crippen molar-refractivity contribution in [3.8, 4) is 5.75 Å². The molecule has 2 aliphatic rings. The Morgan fingerprint density at radius 2 is 1.89 bits per heavy atom. The lowest BCUT2D eigenvalue weighted by Gasteiger charge is -2.39. The van der Waals surface area contributed by atoms with E-state index in [1.54, 1.807) is 30.0 Å². The zero-order chi connectivity index (χ0) is 19.5. The molecule has 1 aliphatic heterocycles. The fraction of sp³-hybridized carbons (Fsp3) is 0.348. The van der Waals surface area contributed by atoms with E-state index in [1.807, 2.05) is 42.5 Å². The molecule has 1 amide bonds. The molecule has 0 aromatic heterocycles. The Morgan fingerprint density at radius 3 is 2.64 bits per heavy atom. The number of benzene rings is 2. The zero-order valence-electron chi connectivity index (χ0n) is 16.0. The SMILES string of the molecule is C[C@@H]1CCCC[C@@H]1N1C(=O)/C(=C/c2cccc(O)c2)SC1Nc1ccccc1. The molecule has 2 N–H and O–H groups in total. The van der Waals surface area contributed by atoms with Gasteiger partial charge in [-0.2, -0.15) is 0 Å². The number of nitrogens with zero attached hydrogens (tertiary/aromatic N) is 1. The van der Waals surface area contributed by atoms with Crippen molar-refractivity contribution in [2.24, 2.45) is 5.92 Å². The molecule has 1 saturated carbocycles. The Bertz CT molecular complexity index is 868. The van der Waals surface area contributed by atoms with Crippen molar-refractivity contribution in [3.05, 3.63) is 65.1 Å². The standard InChI is InChI=1S/C23H26N2O2S/c1-16-8-5-6-13-20(16)25-22(27)21(15-17-9-7-12-19(26)14-17)28-23(25)24-18-10-3-2-4-11-18/h2-4,7,9-12,14-16,20,23-24,26H,5-6,8,13H2,1H3/b21-15-/t16-,20+,23?/m1/s1. The summed E-state index contributed by atoms with van der Waals surface area (Å²) in [5, 5.41) is 13.3. The monoisotopic (exact) mass is 394 g/mol. The summed E-state index contributed by atoms with van der Waals surface area (Å²) in [7, 11) is 0. The number of carbonyl (C=O) groups excluding carboxylic acids is 1. The number of phenolic OH excluding ortho intramolecular Hbond substituents is 1. The molecule has 0 radical (unpaired) electrons. The van der Waals surface area contributed by atoms with Crippen molar-refractivity contribution < 1.29 is 9.90 Å². The number of carbonyl (C=O) groups is 1. The summed E-state index contributed by atoms with van der Waals surface area (Å²) in [6, 6.07) is 17.3. The van der Waals surface area contributed by atoms with Crippen LogP contribution in [-0.2, 0) is 4.79 Å². The molecule has 2 aromatic carbocycles. The maximum atomic E-state index is 13.4. The normalized spacial score (nSPS) is 26.6. The number of hydrogen-bond donors (Lipinski definition) is 2. The number of amides is 1. The first kappa shape index (κ1) is 18.9. The predicted octanol–water partition coefficient (Wildman–Crippen LogP) is 5.28. The minimum Gasteiger partial charge on any atom is -0.508 e. The Morgan fingerprint density at radius 1 is 1.11 bits per heavy atom. The highest BCUT2D eigenvalue weighted by Gasteiger charge is 2.42. The summed E-state index contributed by atoms with van der Waals surface area (Å²) in [5.74, 6) is 0.792. The van der Waals surface area contributed by atoms with Gasteiger partial charge in [-0.3, -0.25) is 4.79 Å². The van der Waals surface area contributed by atoms with Gasteiger partial charge in [0.05, 0.1) is 4.91 Å². The van der Waals surface area contributed by atoms with E-state index in [2.05, 4.69) is 17.1 Å². The summed E-state index contributed by atoms with van der Waals surface area (Å²) in [5.41, 5.74) is 1.73. The van der Waals surface area contributed by atoms with Crippen LogP contribution in [0.15, 0.2) is 59.5 Å². The van der Waals surface area contributed by atoms with E-state index < -0.39 is 0 Å². The summed E-state index contributed by atoms with van der Waals surface area (Å²) < 4.78 is 0. The van der Waals surface area contributed by atoms with E-state index in [4.69, 9.17) is 0 Å². The van der Waals surface area contributed by atoms with Gasteiger partial charge in [0.25, 0.3) is 5.91 Å². The molecule has 4 rings (SSSR count). The smallest absolute Gasteiger partial charge is 0.262 e. The lowest BCUT2D eigenvalue weighted by molar-refractivity contribution is -0.129. The van der Waals surface area contributed by atoms with E-state index in [-0.39, 0.29) is 23.2 Å². The molecule has 1 heterocycles. The fourth-order valence-corrected chi connectivity index (χ4v) is 5.34. The lowest BCUT2D eigenvalue weighted by Crippen LogP contribution is -2.48. The molecule has 3 atom stereocenters. The quantitative estimate of drug-likeness (QED) is 0.693. The third-order valence-electron chi connectivity index (χ3n) is 5.59. The van der Waals surface area contributed by atoms with Crippen LogP contribution in [0.3, 0.4) is 0 Å². The van der Waals surface area contributed by atoms with Crippen molar-refractivity contribution >= 4 is 29.4 Å². The molecule has 146 valence electrons. The number of anilines is 1. The van der Waals surface area contributed by atoms with Crippen LogP contribution < -0.4 is 5.32 Å². The van der Waals surface area contributed by atoms with E-state index >= 15 is 0 Å². The largest absolute Gasteiger partial charge is 0.508 e. The Balaban J connectivity index is 1.64. The number of para-hydroxylation sites is 1. The zero-order valence-corrected chi connectivity index (χ0v) is 16.9. The molecule has 1 saturated heterocycles. The Labute approximate surface area is 170 Å². The first-order valence-electron chi connectivity index (χ1n) is 9.93. The first-order valence-corrected chi connectivity index (χ1v) is 10.8. The van der Waals surface area contributed by atoms with Gasteiger partial charge in [-0.15, -0.1) is 0 Å². The highest BCUT2D eigenvalue weighted by molar-refractivity contribution is 8.05. The van der Waals surface area contributed by atoms with Crippen molar-refractivity contribution in [1.82, 2.24) is 4.90 Å². The molecule has 0 bridgehead atoms. The highest BCUT2D eigenvalue weighted by atomic mass is 32.2. The van der Waals surface area contributed by atoms with Gasteiger partial charge in [0.1, 0.15) is 5.75 Å². The van der Waals surface area contributed by atoms with Crippen LogP contribution in [0.2, 0.25) is 0 Å². The van der Waals surface area contributed by atoms with Gasteiger partial charge in [-0.25, -0.2) is 0 Å². The molecular formula is C23H26N2O2S. The van der Waals surface area contributed by atoms with Crippen molar-refractivity contribution in [1.29, 1.82) is 0 Å². The predicted molar refractivity (Wildman–Crippen MR) is 116 cm³/mol. The van der Waals surface area contributed by atoms with Crippen LogP contribution >= 0.6 is 11.8 Å². The summed E-state index contributed by atoms with van der Waals surface area (Å²) in [4.78, 5) is 16.1. The van der Waals surface area contributed by atoms with E-state index in [0.29, 0.717) is 5.92 Å². The Hall–Kier alpha value is -2.40. The summed E-state index contributed by atoms with van der Waals surface area (Å²) >= 11 is 1.56. The van der Waals surface area contributed by atoms with Crippen molar-refractivity contribution in [2.75, 3.05) is 5.32 Å². The topological polar surface area (TPSA) is 52.6 Å². The van der Waals surface area contributed by atoms with Crippen LogP contribution in [0, 0.1) is 5.92 Å². The van der Waals surface area contributed by atoms with Gasteiger partial charge in [0.15, 0.2) is 5.50 Å². The minimum absolute atomic E-state index is 0.0838. The van der Waals surface area contributed by atoms with Crippen molar-refractivity contribution in [2.45, 2.75) is 44.1 Å². The summed E-state index contributed by atoms with van der Waals surface area (Å²) in [6.45, 7) is 2.26. The maximum Gasteiger partial charge on any atom is 0.262 e. The second-order valence-corrected chi connectivity index (χ2v) is 8.75. The van der Waals surface area contributed by atoms with Gasteiger partial charge in [0, 0.05) is 11.7 Å². The number of thioether (sulfide) groups is 1. The van der Waals surface area contributed by atoms with Gasteiger partial charge < -0.3 is 15.3 Å². The van der Waals surface area contributed by atoms with Gasteiger partial charge in [-0.05, 0) is 54.7 Å². The van der Waals surface area contributed by atoms with E-state index in [1.165, 1.54) is 19.3 Å². The number of phenols is 1. The van der Waals surface area contributed by atoms with Crippen LogP contribution in [-0.4, -0.2) is 27.5 Å². The highest BCUT2D eigenvalue weighted by Crippen LogP contribution is 2.42. The first-order chi connectivity index (χ1) is 13.6. The van der Waals surface area contributed by atoms with E-state index in [0.717, 1.165) is 22.6 Å². The van der Waals surface area contributed by atoms with Crippen LogP contribution in [0.4, 0.5) is 5.69 Å². The maximum absolute atomic E-state index is 13.4. The minimum atomic E-state index is -0.121. The van der Waals surface area contributed by atoms with Gasteiger partial charge in [0.2, 0.25) is 0 Å². The third-order valence-corrected chi connectivity index (χ3v) is 6.71. The van der Waals surface area contributed by atoms with Gasteiger partial charge in [-0.1, -0.05) is 61.9 Å². The molecule has 5 heteroatoms. The molecule has 1 aliphatic carbocycles. The van der Waals surface area contributed by atoms with E-state index in [9.17, 15) is 9.90 Å². The Kier molecular flexibility index (Phi) is 5.62. The molecule has 1 unspecified atom stereocenters. The number of rotatable bonds is 4. The molecule has 2 fully saturated rings. The molecule has 2 aromatic rings. The number of nitrogens with one attached hydrogen (secondary N) is 1. The molecular weight excluding hydrogens is 368 g/mol. The average molecular weight is 395 g/mol.